The molecule has 3 N–H and O–H groups in total. The van der Waals surface area contributed by atoms with Crippen LogP contribution in [-0.4, -0.2) is 35.4 Å². The number of hydrogen-bond acceptors (Lipinski definition) is 3. The van der Waals surface area contributed by atoms with Crippen molar-refractivity contribution in [3.05, 3.63) is 48.1 Å². The van der Waals surface area contributed by atoms with Gasteiger partial charge in [0.2, 0.25) is 5.91 Å². The van der Waals surface area contributed by atoms with Gasteiger partial charge >= 0.3 is 0 Å². The molecule has 0 saturated carbocycles. The number of allylic oxidation sites excluding steroid dienone is 7. The van der Waals surface area contributed by atoms with Crippen LogP contribution >= 0.6 is 0 Å². The quantitative estimate of drug-likeness (QED) is 0.110. The van der Waals surface area contributed by atoms with Crippen molar-refractivity contribution in [2.75, 3.05) is 13.2 Å². The van der Waals surface area contributed by atoms with E-state index in [1.165, 1.54) is 24.5 Å². The van der Waals surface area contributed by atoms with Gasteiger partial charge in [0, 0.05) is 6.42 Å². The van der Waals surface area contributed by atoms with Gasteiger partial charge in [0.1, 0.15) is 0 Å². The first-order valence-corrected chi connectivity index (χ1v) is 10.7. The molecule has 0 aliphatic heterocycles. The molecule has 162 valence electrons. The predicted molar refractivity (Wildman–Crippen MR) is 122 cm³/mol. The normalized spacial score (nSPS) is 12.4. The zero-order valence-corrected chi connectivity index (χ0v) is 18.0. The number of hydrogen-bond donors (Lipinski definition) is 3. The van der Waals surface area contributed by atoms with E-state index in [2.05, 4.69) is 48.5 Å². The van der Waals surface area contributed by atoms with E-state index in [1.54, 1.807) is 6.08 Å². The SMILES string of the molecule is C#CCCCCC/C(C)=C/C=C/CCC/C=C/CC/C=C/C(=O)NC(CO)CO. The largest absolute Gasteiger partial charge is 0.394 e. The van der Waals surface area contributed by atoms with Crippen molar-refractivity contribution in [1.82, 2.24) is 5.32 Å². The molecular formula is C25H39NO3. The molecule has 0 aliphatic rings. The van der Waals surface area contributed by atoms with E-state index in [0.29, 0.717) is 0 Å². The van der Waals surface area contributed by atoms with Crippen LogP contribution < -0.4 is 5.32 Å². The predicted octanol–water partition coefficient (Wildman–Crippen LogP) is 4.60. The molecule has 29 heavy (non-hydrogen) atoms. The Morgan fingerprint density at radius 1 is 0.966 bits per heavy atom. The average Bonchev–Trinajstić information content (AvgIpc) is 2.72. The van der Waals surface area contributed by atoms with Crippen LogP contribution in [0.5, 0.6) is 0 Å². The molecule has 0 rings (SSSR count). The zero-order valence-electron chi connectivity index (χ0n) is 18.0. The van der Waals surface area contributed by atoms with Gasteiger partial charge < -0.3 is 15.5 Å². The van der Waals surface area contributed by atoms with Crippen LogP contribution in [0.2, 0.25) is 0 Å². The van der Waals surface area contributed by atoms with E-state index in [1.807, 2.05) is 0 Å². The summed E-state index contributed by atoms with van der Waals surface area (Å²) >= 11 is 0. The van der Waals surface area contributed by atoms with Gasteiger partial charge in [-0.15, -0.1) is 12.3 Å². The summed E-state index contributed by atoms with van der Waals surface area (Å²) in [5.74, 6) is 2.39. The van der Waals surface area contributed by atoms with Gasteiger partial charge in [-0.3, -0.25) is 4.79 Å². The summed E-state index contributed by atoms with van der Waals surface area (Å²) in [6.45, 7) is 1.65. The highest BCUT2D eigenvalue weighted by atomic mass is 16.3. The Balaban J connectivity index is 3.67. The molecule has 4 heteroatoms. The topological polar surface area (TPSA) is 69.6 Å². The third-order valence-electron chi connectivity index (χ3n) is 4.37. The zero-order chi connectivity index (χ0) is 21.6. The lowest BCUT2D eigenvalue weighted by atomic mass is 10.1. The number of carbonyl (C=O) groups excluding carboxylic acids is 1. The molecule has 0 aromatic rings. The van der Waals surface area contributed by atoms with Gasteiger partial charge in [0.15, 0.2) is 0 Å². The van der Waals surface area contributed by atoms with Gasteiger partial charge in [0.05, 0.1) is 19.3 Å². The maximum absolute atomic E-state index is 11.5. The molecule has 0 saturated heterocycles. The number of aliphatic hydroxyl groups is 2. The van der Waals surface area contributed by atoms with Crippen LogP contribution in [-0.2, 0) is 4.79 Å². The first kappa shape index (κ1) is 26.9. The lowest BCUT2D eigenvalue weighted by molar-refractivity contribution is -0.117. The highest BCUT2D eigenvalue weighted by Crippen LogP contribution is 2.09. The molecule has 0 heterocycles. The number of unbranched alkanes of at least 4 members (excludes halogenated alkanes) is 6. The first-order valence-electron chi connectivity index (χ1n) is 10.7. The number of amides is 1. The lowest BCUT2D eigenvalue weighted by Gasteiger charge is -2.10. The first-order chi connectivity index (χ1) is 14.1. The summed E-state index contributed by atoms with van der Waals surface area (Å²) in [6.07, 6.45) is 30.0. The maximum atomic E-state index is 11.5. The van der Waals surface area contributed by atoms with Crippen LogP contribution in [0.3, 0.4) is 0 Å². The third kappa shape index (κ3) is 19.0. The fraction of sp³-hybridized carbons (Fsp3) is 0.560. The van der Waals surface area contributed by atoms with Crippen molar-refractivity contribution in [2.45, 2.75) is 77.2 Å². The Kier molecular flexibility index (Phi) is 19.2. The number of carbonyl (C=O) groups is 1. The monoisotopic (exact) mass is 401 g/mol. The summed E-state index contributed by atoms with van der Waals surface area (Å²) in [5.41, 5.74) is 1.42. The molecular weight excluding hydrogens is 362 g/mol. The Bertz CT molecular complexity index is 563. The molecule has 4 nitrogen and oxygen atoms in total. The number of nitrogens with one attached hydrogen (secondary N) is 1. The molecule has 0 atom stereocenters. The summed E-state index contributed by atoms with van der Waals surface area (Å²) in [6, 6.07) is -0.593. The van der Waals surface area contributed by atoms with E-state index in [9.17, 15) is 4.79 Å². The minimum absolute atomic E-state index is 0.266. The summed E-state index contributed by atoms with van der Waals surface area (Å²) in [7, 11) is 0. The Morgan fingerprint density at radius 3 is 2.38 bits per heavy atom. The van der Waals surface area contributed by atoms with Crippen molar-refractivity contribution in [3.63, 3.8) is 0 Å². The van der Waals surface area contributed by atoms with Crippen molar-refractivity contribution < 1.29 is 15.0 Å². The molecule has 0 radical (unpaired) electrons. The number of rotatable bonds is 17. The Morgan fingerprint density at radius 2 is 1.66 bits per heavy atom. The van der Waals surface area contributed by atoms with E-state index < -0.39 is 6.04 Å². The number of terminal acetylenes is 1. The van der Waals surface area contributed by atoms with Crippen molar-refractivity contribution in [1.29, 1.82) is 0 Å². The van der Waals surface area contributed by atoms with Crippen LogP contribution in [0.25, 0.3) is 0 Å². The molecule has 0 aliphatic carbocycles. The summed E-state index contributed by atoms with van der Waals surface area (Å²) < 4.78 is 0. The molecule has 1 amide bonds. The molecule has 0 unspecified atom stereocenters. The third-order valence-corrected chi connectivity index (χ3v) is 4.37. The van der Waals surface area contributed by atoms with Gasteiger partial charge in [0.25, 0.3) is 0 Å². The van der Waals surface area contributed by atoms with Crippen LogP contribution in [0.1, 0.15) is 71.1 Å². The van der Waals surface area contributed by atoms with Gasteiger partial charge in [-0.05, 0) is 64.4 Å². The summed E-state index contributed by atoms with van der Waals surface area (Å²) in [5, 5.41) is 20.3. The minimum Gasteiger partial charge on any atom is -0.394 e. The second-order valence-corrected chi connectivity index (χ2v) is 7.16. The van der Waals surface area contributed by atoms with Crippen molar-refractivity contribution >= 4 is 5.91 Å². The Hall–Kier alpha value is -2.09. The van der Waals surface area contributed by atoms with Crippen LogP contribution in [0, 0.1) is 12.3 Å². The fourth-order valence-corrected chi connectivity index (χ4v) is 2.59. The molecule has 0 spiro atoms. The van der Waals surface area contributed by atoms with Crippen LogP contribution in [0.4, 0.5) is 0 Å². The minimum atomic E-state index is -0.593. The van der Waals surface area contributed by atoms with Gasteiger partial charge in [-0.2, -0.15) is 0 Å². The summed E-state index contributed by atoms with van der Waals surface area (Å²) in [4.78, 5) is 11.5. The highest BCUT2D eigenvalue weighted by Gasteiger charge is 2.06. The van der Waals surface area contributed by atoms with Gasteiger partial charge in [-0.1, -0.05) is 48.5 Å². The molecule has 0 aromatic carbocycles. The molecule has 0 bridgehead atoms. The van der Waals surface area contributed by atoms with Gasteiger partial charge in [-0.25, -0.2) is 0 Å². The second kappa shape index (κ2) is 20.6. The smallest absolute Gasteiger partial charge is 0.244 e. The van der Waals surface area contributed by atoms with Crippen LogP contribution in [0.15, 0.2) is 48.1 Å². The lowest BCUT2D eigenvalue weighted by Crippen LogP contribution is -2.39. The molecule has 0 aromatic heterocycles. The fourth-order valence-electron chi connectivity index (χ4n) is 2.59. The second-order valence-electron chi connectivity index (χ2n) is 7.16. The van der Waals surface area contributed by atoms with Crippen molar-refractivity contribution in [3.8, 4) is 12.3 Å². The van der Waals surface area contributed by atoms with E-state index in [4.69, 9.17) is 16.6 Å². The highest BCUT2D eigenvalue weighted by molar-refractivity contribution is 5.87. The standard InChI is InChI=1S/C25H39NO3/c1-3-4-5-12-15-18-23(2)19-16-13-10-8-6-7-9-11-14-17-20-25(29)26-24(21-27)22-28/h1,7,9,13,16-17,19-20,24,27-28H,4-6,8,10-12,14-15,18,21-22H2,2H3,(H,26,29)/b9-7+,16-13+,20-17+,23-19+. The maximum Gasteiger partial charge on any atom is 0.244 e. The van der Waals surface area contributed by atoms with E-state index in [0.717, 1.165) is 51.4 Å². The Labute approximate surface area is 177 Å². The molecule has 0 fully saturated rings. The number of aliphatic hydroxyl groups excluding tert-OH is 2. The average molecular weight is 402 g/mol. The van der Waals surface area contributed by atoms with E-state index >= 15 is 0 Å². The van der Waals surface area contributed by atoms with E-state index in [-0.39, 0.29) is 19.1 Å². The van der Waals surface area contributed by atoms with Crippen molar-refractivity contribution in [2.24, 2.45) is 0 Å².